The Morgan fingerprint density at radius 1 is 1.36 bits per heavy atom. The Morgan fingerprint density at radius 2 is 2.23 bits per heavy atom. The lowest BCUT2D eigenvalue weighted by molar-refractivity contribution is -0.115. The summed E-state index contributed by atoms with van der Waals surface area (Å²) in [5.74, 6) is 1.49. The molecule has 0 radical (unpaired) electrons. The van der Waals surface area contributed by atoms with Crippen molar-refractivity contribution in [3.05, 3.63) is 57.7 Å². The molecule has 22 heavy (non-hydrogen) atoms. The summed E-state index contributed by atoms with van der Waals surface area (Å²) in [4.78, 5) is 16.5. The van der Waals surface area contributed by atoms with Crippen LogP contribution in [0.2, 0.25) is 0 Å². The fourth-order valence-electron chi connectivity index (χ4n) is 1.99. The Labute approximate surface area is 140 Å². The normalized spacial score (nSPS) is 10.6. The van der Waals surface area contributed by atoms with Gasteiger partial charge >= 0.3 is 0 Å². The second-order valence-corrected chi connectivity index (χ2v) is 6.56. The summed E-state index contributed by atoms with van der Waals surface area (Å²) in [5.41, 5.74) is 1.50. The second-order valence-electron chi connectivity index (χ2n) is 4.79. The Balaban J connectivity index is 1.66. The predicted molar refractivity (Wildman–Crippen MR) is 91.0 cm³/mol. The molecule has 2 heterocycles. The van der Waals surface area contributed by atoms with E-state index in [0.717, 1.165) is 32.4 Å². The van der Waals surface area contributed by atoms with Crippen LogP contribution in [-0.4, -0.2) is 10.9 Å². The van der Waals surface area contributed by atoms with Gasteiger partial charge in [-0.15, -0.1) is 11.3 Å². The summed E-state index contributed by atoms with van der Waals surface area (Å²) in [6.07, 6.45) is 0.239. The number of rotatable bonds is 4. The summed E-state index contributed by atoms with van der Waals surface area (Å²) >= 11 is 4.85. The molecule has 0 spiro atoms. The summed E-state index contributed by atoms with van der Waals surface area (Å²) in [6.45, 7) is 1.89. The number of nitrogens with one attached hydrogen (secondary N) is 1. The number of aromatic nitrogens is 1. The van der Waals surface area contributed by atoms with E-state index in [1.165, 1.54) is 11.3 Å². The van der Waals surface area contributed by atoms with Crippen LogP contribution >= 0.6 is 27.3 Å². The molecule has 0 fully saturated rings. The van der Waals surface area contributed by atoms with Gasteiger partial charge < -0.3 is 9.73 Å². The molecule has 1 amide bonds. The van der Waals surface area contributed by atoms with Gasteiger partial charge in [-0.05, 0) is 37.3 Å². The van der Waals surface area contributed by atoms with Gasteiger partial charge in [0.15, 0.2) is 10.8 Å². The van der Waals surface area contributed by atoms with Crippen molar-refractivity contribution in [3.63, 3.8) is 0 Å². The van der Waals surface area contributed by atoms with Crippen molar-refractivity contribution in [3.8, 4) is 10.8 Å². The molecule has 0 bridgehead atoms. The number of halogens is 1. The van der Waals surface area contributed by atoms with E-state index in [-0.39, 0.29) is 12.3 Å². The number of thiazole rings is 1. The van der Waals surface area contributed by atoms with Gasteiger partial charge in [-0.2, -0.15) is 0 Å². The molecule has 2 aromatic heterocycles. The van der Waals surface area contributed by atoms with Crippen molar-refractivity contribution in [2.75, 3.05) is 5.32 Å². The quantitative estimate of drug-likeness (QED) is 0.720. The maximum Gasteiger partial charge on any atom is 0.230 e. The largest absolute Gasteiger partial charge is 0.459 e. The van der Waals surface area contributed by atoms with Crippen molar-refractivity contribution >= 4 is 38.9 Å². The highest BCUT2D eigenvalue weighted by Gasteiger charge is 2.11. The molecule has 0 aliphatic heterocycles. The molecule has 0 aliphatic carbocycles. The van der Waals surface area contributed by atoms with Crippen molar-refractivity contribution < 1.29 is 9.21 Å². The number of carbonyl (C=O) groups excluding carboxylic acids is 1. The highest BCUT2D eigenvalue weighted by Crippen LogP contribution is 2.25. The lowest BCUT2D eigenvalue weighted by Crippen LogP contribution is -2.14. The fraction of sp³-hybridized carbons (Fsp3) is 0.125. The number of nitrogens with zero attached hydrogens (tertiary/aromatic N) is 1. The lowest BCUT2D eigenvalue weighted by Gasteiger charge is -2.04. The van der Waals surface area contributed by atoms with Crippen LogP contribution < -0.4 is 5.32 Å². The molecule has 1 aromatic carbocycles. The zero-order chi connectivity index (χ0) is 15.5. The Morgan fingerprint density at radius 3 is 2.95 bits per heavy atom. The van der Waals surface area contributed by atoms with Gasteiger partial charge in [0.05, 0.1) is 12.1 Å². The van der Waals surface area contributed by atoms with Gasteiger partial charge in [0.1, 0.15) is 5.76 Å². The third-order valence-corrected chi connectivity index (χ3v) is 4.35. The van der Waals surface area contributed by atoms with Crippen molar-refractivity contribution in [1.29, 1.82) is 0 Å². The molecule has 0 atom stereocenters. The molecule has 4 nitrogen and oxygen atoms in total. The third-order valence-electron chi connectivity index (χ3n) is 2.95. The van der Waals surface area contributed by atoms with E-state index in [1.54, 1.807) is 0 Å². The molecule has 6 heteroatoms. The van der Waals surface area contributed by atoms with E-state index in [2.05, 4.69) is 26.2 Å². The molecular formula is C16H13BrN2O2S. The average Bonchev–Trinajstić information content (AvgIpc) is 3.07. The third kappa shape index (κ3) is 3.64. The zero-order valence-electron chi connectivity index (χ0n) is 11.8. The number of furan rings is 1. The van der Waals surface area contributed by atoms with Crippen molar-refractivity contribution in [2.45, 2.75) is 13.3 Å². The maximum absolute atomic E-state index is 12.1. The molecule has 0 unspecified atom stereocenters. The van der Waals surface area contributed by atoms with Crippen LogP contribution in [0.1, 0.15) is 11.5 Å². The number of amides is 1. The van der Waals surface area contributed by atoms with E-state index < -0.39 is 0 Å². The number of anilines is 1. The van der Waals surface area contributed by atoms with Crippen LogP contribution in [0.4, 0.5) is 5.69 Å². The Kier molecular flexibility index (Phi) is 4.40. The zero-order valence-corrected chi connectivity index (χ0v) is 14.2. The SMILES string of the molecule is Cc1ccc(-c2nc(CC(=O)Nc3cccc(Br)c3)cs2)o1. The number of aryl methyl sites for hydroxylation is 1. The predicted octanol–water partition coefficient (Wildman–Crippen LogP) is 4.66. The molecule has 0 aliphatic rings. The van der Waals surface area contributed by atoms with Gasteiger partial charge in [0.2, 0.25) is 5.91 Å². The summed E-state index contributed by atoms with van der Waals surface area (Å²) in [6, 6.07) is 11.3. The Hall–Kier alpha value is -1.92. The first-order valence-electron chi connectivity index (χ1n) is 6.67. The van der Waals surface area contributed by atoms with Crippen LogP contribution in [-0.2, 0) is 11.2 Å². The molecule has 0 saturated carbocycles. The minimum Gasteiger partial charge on any atom is -0.459 e. The van der Waals surface area contributed by atoms with Gasteiger partial charge in [-0.1, -0.05) is 22.0 Å². The molecule has 3 aromatic rings. The standard InChI is InChI=1S/C16H13BrN2O2S/c1-10-5-6-14(21-10)16-19-13(9-22-16)8-15(20)18-12-4-2-3-11(17)7-12/h2-7,9H,8H2,1H3,(H,18,20). The summed E-state index contributed by atoms with van der Waals surface area (Å²) in [7, 11) is 0. The molecular weight excluding hydrogens is 364 g/mol. The maximum atomic E-state index is 12.1. The minimum atomic E-state index is -0.0921. The van der Waals surface area contributed by atoms with Crippen LogP contribution in [0.15, 0.2) is 50.7 Å². The van der Waals surface area contributed by atoms with E-state index in [1.807, 2.05) is 48.7 Å². The number of hydrogen-bond donors (Lipinski definition) is 1. The molecule has 1 N–H and O–H groups in total. The van der Waals surface area contributed by atoms with E-state index in [9.17, 15) is 4.79 Å². The molecule has 3 rings (SSSR count). The number of carbonyl (C=O) groups is 1. The topological polar surface area (TPSA) is 55.1 Å². The van der Waals surface area contributed by atoms with Gasteiger partial charge in [0.25, 0.3) is 0 Å². The van der Waals surface area contributed by atoms with E-state index in [4.69, 9.17) is 4.42 Å². The van der Waals surface area contributed by atoms with Crippen LogP contribution in [0.5, 0.6) is 0 Å². The molecule has 112 valence electrons. The smallest absolute Gasteiger partial charge is 0.230 e. The first-order valence-corrected chi connectivity index (χ1v) is 8.34. The van der Waals surface area contributed by atoms with Crippen LogP contribution in [0, 0.1) is 6.92 Å². The van der Waals surface area contributed by atoms with E-state index >= 15 is 0 Å². The van der Waals surface area contributed by atoms with Crippen molar-refractivity contribution in [2.24, 2.45) is 0 Å². The van der Waals surface area contributed by atoms with Crippen LogP contribution in [0.25, 0.3) is 10.8 Å². The highest BCUT2D eigenvalue weighted by atomic mass is 79.9. The van der Waals surface area contributed by atoms with Gasteiger partial charge in [-0.3, -0.25) is 4.79 Å². The van der Waals surface area contributed by atoms with Crippen LogP contribution in [0.3, 0.4) is 0 Å². The average molecular weight is 377 g/mol. The van der Waals surface area contributed by atoms with Crippen molar-refractivity contribution in [1.82, 2.24) is 4.98 Å². The monoisotopic (exact) mass is 376 g/mol. The second kappa shape index (κ2) is 6.46. The summed E-state index contributed by atoms with van der Waals surface area (Å²) < 4.78 is 6.46. The molecule has 0 saturated heterocycles. The summed E-state index contributed by atoms with van der Waals surface area (Å²) in [5, 5.41) is 5.53. The first kappa shape index (κ1) is 15.0. The number of hydrogen-bond acceptors (Lipinski definition) is 4. The minimum absolute atomic E-state index is 0.0921. The Bertz CT molecular complexity index is 810. The fourth-order valence-corrected chi connectivity index (χ4v) is 3.17. The highest BCUT2D eigenvalue weighted by molar-refractivity contribution is 9.10. The lowest BCUT2D eigenvalue weighted by atomic mass is 10.3. The van der Waals surface area contributed by atoms with Gasteiger partial charge in [0, 0.05) is 15.5 Å². The van der Waals surface area contributed by atoms with E-state index in [0.29, 0.717) is 0 Å². The first-order chi connectivity index (χ1) is 10.6. The van der Waals surface area contributed by atoms with Gasteiger partial charge in [-0.25, -0.2) is 4.98 Å². The number of benzene rings is 1.